The number of nitrogens with one attached hydrogen (secondary N) is 1. The van der Waals surface area contributed by atoms with Gasteiger partial charge in [-0.25, -0.2) is 9.78 Å². The van der Waals surface area contributed by atoms with Crippen molar-refractivity contribution < 1.29 is 14.3 Å². The van der Waals surface area contributed by atoms with Crippen LogP contribution >= 0.6 is 33.2 Å². The molecular formula is C34H39ClN4O4S2. The van der Waals surface area contributed by atoms with Gasteiger partial charge in [-0.3, -0.25) is 14.2 Å². The molecule has 1 N–H and O–H groups in total. The summed E-state index contributed by atoms with van der Waals surface area (Å²) in [5.41, 5.74) is 2.79. The summed E-state index contributed by atoms with van der Waals surface area (Å²) in [6.45, 7) is 7.24. The van der Waals surface area contributed by atoms with Crippen LogP contribution in [0.2, 0.25) is 5.02 Å². The summed E-state index contributed by atoms with van der Waals surface area (Å²) in [5, 5.41) is 3.72. The minimum Gasteiger partial charge on any atom is -0.449 e. The van der Waals surface area contributed by atoms with Gasteiger partial charge in [-0.1, -0.05) is 95.1 Å². The van der Waals surface area contributed by atoms with E-state index in [4.69, 9.17) is 21.3 Å². The van der Waals surface area contributed by atoms with Crippen LogP contribution in [0.1, 0.15) is 53.6 Å². The molecule has 0 saturated heterocycles. The minimum absolute atomic E-state index is 0.114. The molecule has 1 unspecified atom stereocenters. The van der Waals surface area contributed by atoms with Crippen molar-refractivity contribution in [2.45, 2.75) is 39.8 Å². The van der Waals surface area contributed by atoms with Crippen LogP contribution in [-0.4, -0.2) is 58.2 Å². The zero-order valence-corrected chi connectivity index (χ0v) is 28.4. The highest BCUT2D eigenvalue weighted by Gasteiger charge is 2.33. The zero-order valence-electron chi connectivity index (χ0n) is 26.0. The number of alkyl carbamates (subject to hydrolysis) is 1. The van der Waals surface area contributed by atoms with Gasteiger partial charge in [0.05, 0.1) is 23.5 Å². The van der Waals surface area contributed by atoms with Gasteiger partial charge in [0, 0.05) is 29.4 Å². The number of ether oxygens (including phenoxy) is 1. The number of halogens is 1. The third-order valence-corrected chi connectivity index (χ3v) is 9.30. The molecule has 1 atom stereocenters. The van der Waals surface area contributed by atoms with E-state index >= 15 is 0 Å². The van der Waals surface area contributed by atoms with Crippen molar-refractivity contribution >= 4 is 56.1 Å². The van der Waals surface area contributed by atoms with Gasteiger partial charge < -0.3 is 15.0 Å². The number of carbonyl (C=O) groups excluding carboxylic acids is 2. The number of hydrogen-bond acceptors (Lipinski definition) is 7. The highest BCUT2D eigenvalue weighted by Crippen LogP contribution is 2.31. The summed E-state index contributed by atoms with van der Waals surface area (Å²) in [6.07, 6.45) is 1.96. The number of fused-ring (bicyclic) bond motifs is 1. The predicted molar refractivity (Wildman–Crippen MR) is 186 cm³/mol. The maximum absolute atomic E-state index is 14.3. The monoisotopic (exact) mass is 666 g/mol. The molecule has 4 rings (SSSR count). The van der Waals surface area contributed by atoms with E-state index in [0.29, 0.717) is 65.7 Å². The number of amides is 2. The van der Waals surface area contributed by atoms with Gasteiger partial charge in [0.15, 0.2) is 0 Å². The molecule has 11 heteroatoms. The fourth-order valence-electron chi connectivity index (χ4n) is 5.12. The summed E-state index contributed by atoms with van der Waals surface area (Å²) < 4.78 is 6.92. The van der Waals surface area contributed by atoms with Crippen molar-refractivity contribution in [3.05, 3.63) is 111 Å². The summed E-state index contributed by atoms with van der Waals surface area (Å²) in [5.74, 6) is 0.889. The number of benzene rings is 3. The summed E-state index contributed by atoms with van der Waals surface area (Å²) >= 11 is 6.34. The third-order valence-electron chi connectivity index (χ3n) is 7.28. The largest absolute Gasteiger partial charge is 0.449 e. The lowest BCUT2D eigenvalue weighted by Gasteiger charge is -2.35. The van der Waals surface area contributed by atoms with E-state index in [1.807, 2.05) is 81.6 Å². The van der Waals surface area contributed by atoms with Crippen LogP contribution in [0.4, 0.5) is 4.79 Å². The quantitative estimate of drug-likeness (QED) is 0.111. The van der Waals surface area contributed by atoms with Crippen LogP contribution in [0.3, 0.4) is 0 Å². The molecule has 8 nitrogen and oxygen atoms in total. The van der Waals surface area contributed by atoms with E-state index in [2.05, 4.69) is 5.32 Å². The number of carbonyl (C=O) groups is 2. The lowest BCUT2D eigenvalue weighted by molar-refractivity contribution is 0.0601. The van der Waals surface area contributed by atoms with Gasteiger partial charge in [0.1, 0.15) is 12.4 Å². The number of hydrogen-bond donors (Lipinski definition) is 1. The second-order valence-corrected chi connectivity index (χ2v) is 14.1. The van der Waals surface area contributed by atoms with E-state index in [9.17, 15) is 14.4 Å². The van der Waals surface area contributed by atoms with Crippen LogP contribution in [0, 0.1) is 12.8 Å². The number of rotatable bonds is 14. The molecule has 45 heavy (non-hydrogen) atoms. The molecule has 0 fully saturated rings. The topological polar surface area (TPSA) is 93.5 Å². The van der Waals surface area contributed by atoms with Crippen molar-refractivity contribution in [3.8, 4) is 0 Å². The first-order valence-electron chi connectivity index (χ1n) is 14.9. The van der Waals surface area contributed by atoms with E-state index in [-0.39, 0.29) is 17.4 Å². The second-order valence-electron chi connectivity index (χ2n) is 11.0. The van der Waals surface area contributed by atoms with Crippen molar-refractivity contribution in [1.29, 1.82) is 0 Å². The Balaban J connectivity index is 1.73. The van der Waals surface area contributed by atoms with Gasteiger partial charge in [-0.15, -0.1) is 0 Å². The highest BCUT2D eigenvalue weighted by molar-refractivity contribution is 8.76. The van der Waals surface area contributed by atoms with Crippen molar-refractivity contribution in [3.63, 3.8) is 0 Å². The average molecular weight is 667 g/mol. The molecule has 238 valence electrons. The normalized spacial score (nSPS) is 11.9. The van der Waals surface area contributed by atoms with Crippen LogP contribution in [-0.2, 0) is 11.3 Å². The van der Waals surface area contributed by atoms with Crippen molar-refractivity contribution in [2.24, 2.45) is 5.92 Å². The van der Waals surface area contributed by atoms with E-state index in [1.165, 1.54) is 0 Å². The molecule has 0 radical (unpaired) electrons. The molecule has 0 spiro atoms. The first-order valence-corrected chi connectivity index (χ1v) is 18.0. The Morgan fingerprint density at radius 3 is 2.49 bits per heavy atom. The third kappa shape index (κ3) is 9.28. The molecule has 0 aliphatic carbocycles. The summed E-state index contributed by atoms with van der Waals surface area (Å²) in [4.78, 5) is 47.3. The zero-order chi connectivity index (χ0) is 32.3. The fourth-order valence-corrected chi connectivity index (χ4v) is 6.31. The molecule has 0 saturated carbocycles. The summed E-state index contributed by atoms with van der Waals surface area (Å²) in [6, 6.07) is 21.7. The molecule has 4 aromatic rings. The molecular weight excluding hydrogens is 628 g/mol. The van der Waals surface area contributed by atoms with Gasteiger partial charge >= 0.3 is 6.09 Å². The Kier molecular flexibility index (Phi) is 12.8. The highest BCUT2D eigenvalue weighted by atomic mass is 35.5. The molecule has 1 heterocycles. The SMILES string of the molecule is CSSCCOC(=O)NCCCN(C(=O)c1ccc(C)cc1)C(c1nc2cc(Cl)ccc2c(=O)n1Cc1ccccc1)C(C)C. The van der Waals surface area contributed by atoms with Crippen LogP contribution in [0.5, 0.6) is 0 Å². The smallest absolute Gasteiger partial charge is 0.407 e. The Morgan fingerprint density at radius 1 is 1.07 bits per heavy atom. The lowest BCUT2D eigenvalue weighted by atomic mass is 9.98. The number of aryl methyl sites for hydroxylation is 1. The Hall–Kier alpha value is -3.47. The predicted octanol–water partition coefficient (Wildman–Crippen LogP) is 7.37. The Bertz CT molecular complexity index is 1650. The fraction of sp³-hybridized carbons (Fsp3) is 0.353. The van der Waals surface area contributed by atoms with Crippen molar-refractivity contribution in [1.82, 2.24) is 19.8 Å². The van der Waals surface area contributed by atoms with Crippen LogP contribution in [0.25, 0.3) is 10.9 Å². The average Bonchev–Trinajstić information content (AvgIpc) is 3.02. The number of nitrogens with zero attached hydrogens (tertiary/aromatic N) is 3. The van der Waals surface area contributed by atoms with Crippen LogP contribution in [0.15, 0.2) is 77.6 Å². The summed E-state index contributed by atoms with van der Waals surface area (Å²) in [7, 11) is 3.24. The standard InChI is InChI=1S/C34H39ClN4O4S2/c1-23(2)30(31-37-29-21-27(35)15-16-28(29)33(41)39(31)22-25-9-6-5-7-10-25)38(32(40)26-13-11-24(3)12-14-26)18-8-17-36-34(42)43-19-20-45-44-4/h5-7,9-16,21,23,30H,8,17-20,22H2,1-4H3,(H,36,42). The Morgan fingerprint density at radius 2 is 1.80 bits per heavy atom. The first kappa shape index (κ1) is 34.4. The van der Waals surface area contributed by atoms with E-state index in [1.54, 1.807) is 49.3 Å². The van der Waals surface area contributed by atoms with Gasteiger partial charge in [0.25, 0.3) is 11.5 Å². The molecule has 0 bridgehead atoms. The first-order chi connectivity index (χ1) is 21.7. The number of aromatic nitrogens is 2. The van der Waals surface area contributed by atoms with E-state index < -0.39 is 12.1 Å². The molecule has 2 amide bonds. The minimum atomic E-state index is -0.561. The maximum Gasteiger partial charge on any atom is 0.407 e. The second kappa shape index (κ2) is 16.7. The Labute approximate surface area is 277 Å². The van der Waals surface area contributed by atoms with Crippen LogP contribution < -0.4 is 10.9 Å². The maximum atomic E-state index is 14.3. The molecule has 3 aromatic carbocycles. The van der Waals surface area contributed by atoms with Crippen molar-refractivity contribution in [2.75, 3.05) is 31.7 Å². The van der Waals surface area contributed by atoms with E-state index in [0.717, 1.165) is 11.1 Å². The van der Waals surface area contributed by atoms with Gasteiger partial charge in [-0.05, 0) is 61.4 Å². The molecule has 0 aliphatic heterocycles. The molecule has 0 aliphatic rings. The molecule has 1 aromatic heterocycles. The lowest BCUT2D eigenvalue weighted by Crippen LogP contribution is -2.42. The van der Waals surface area contributed by atoms with Gasteiger partial charge in [-0.2, -0.15) is 0 Å². The van der Waals surface area contributed by atoms with Gasteiger partial charge in [0.2, 0.25) is 0 Å².